The zero-order chi connectivity index (χ0) is 59.2. The van der Waals surface area contributed by atoms with E-state index in [2.05, 4.69) is 106 Å². The van der Waals surface area contributed by atoms with Crippen LogP contribution in [-0.2, 0) is 28.6 Å². The number of carbonyl (C=O) groups is 3. The van der Waals surface area contributed by atoms with Gasteiger partial charge in [-0.05, 0) is 96.3 Å². The van der Waals surface area contributed by atoms with Gasteiger partial charge in [-0.3, -0.25) is 14.4 Å². The van der Waals surface area contributed by atoms with E-state index in [0.29, 0.717) is 19.3 Å². The normalized spacial score (nSPS) is 12.6. The molecule has 0 aromatic rings. The minimum Gasteiger partial charge on any atom is -0.462 e. The van der Waals surface area contributed by atoms with E-state index >= 15 is 0 Å². The van der Waals surface area contributed by atoms with E-state index in [1.165, 1.54) is 225 Å². The molecule has 1 atom stereocenters. The highest BCUT2D eigenvalue weighted by atomic mass is 16.6. The summed E-state index contributed by atoms with van der Waals surface area (Å²) in [4.78, 5) is 38.4. The first-order chi connectivity index (χ1) is 40.5. The molecule has 0 fully saturated rings. The number of hydrogen-bond donors (Lipinski definition) is 0. The minimum atomic E-state index is -0.778. The Hall–Kier alpha value is -3.41. The molecule has 0 aromatic carbocycles. The summed E-state index contributed by atoms with van der Waals surface area (Å²) in [7, 11) is 0. The molecule has 0 saturated heterocycles. The highest BCUT2D eigenvalue weighted by Crippen LogP contribution is 2.18. The summed E-state index contributed by atoms with van der Waals surface area (Å²) in [5, 5.41) is 0. The lowest BCUT2D eigenvalue weighted by molar-refractivity contribution is -0.167. The molecular formula is C76H134O6. The van der Waals surface area contributed by atoms with Crippen LogP contribution in [0.15, 0.2) is 85.1 Å². The number of unbranched alkanes of at least 4 members (excludes halogenated alkanes) is 40. The number of allylic oxidation sites excluding steroid dienone is 14. The molecular weight excluding hydrogens is 1010 g/mol. The molecule has 82 heavy (non-hydrogen) atoms. The van der Waals surface area contributed by atoms with Gasteiger partial charge in [0.15, 0.2) is 6.10 Å². The van der Waals surface area contributed by atoms with E-state index in [0.717, 1.165) is 96.3 Å². The van der Waals surface area contributed by atoms with Gasteiger partial charge in [0.2, 0.25) is 0 Å². The van der Waals surface area contributed by atoms with Gasteiger partial charge in [0.25, 0.3) is 0 Å². The van der Waals surface area contributed by atoms with Crippen molar-refractivity contribution in [2.45, 2.75) is 367 Å². The summed E-state index contributed by atoms with van der Waals surface area (Å²) in [5.74, 6) is -0.859. The van der Waals surface area contributed by atoms with Crippen LogP contribution >= 0.6 is 0 Å². The van der Waals surface area contributed by atoms with Crippen molar-refractivity contribution in [2.24, 2.45) is 0 Å². The van der Waals surface area contributed by atoms with E-state index in [1.807, 2.05) is 0 Å². The fraction of sp³-hybridized carbons (Fsp3) is 0.776. The Balaban J connectivity index is 4.26. The molecule has 0 saturated carbocycles. The van der Waals surface area contributed by atoms with E-state index < -0.39 is 6.10 Å². The van der Waals surface area contributed by atoms with Crippen molar-refractivity contribution in [1.29, 1.82) is 0 Å². The van der Waals surface area contributed by atoms with Crippen LogP contribution in [0.3, 0.4) is 0 Å². The van der Waals surface area contributed by atoms with Crippen LogP contribution in [-0.4, -0.2) is 37.2 Å². The van der Waals surface area contributed by atoms with Crippen LogP contribution in [0.25, 0.3) is 0 Å². The molecule has 0 aliphatic carbocycles. The van der Waals surface area contributed by atoms with Crippen LogP contribution in [0.5, 0.6) is 0 Å². The SMILES string of the molecule is CC/C=C\C/C=C\C/C=C\C/C=C\C/C=C\C/C=C\CCCCCCCCCCCCCCC(=O)OCC(COC(=O)CCCCCCCCCCCCCCCCC)OC(=O)CCCCCCCCC/C=C\CCCCCCCCC. The van der Waals surface area contributed by atoms with Gasteiger partial charge in [-0.15, -0.1) is 0 Å². The Kier molecular flexibility index (Phi) is 67.2. The van der Waals surface area contributed by atoms with Gasteiger partial charge in [-0.1, -0.05) is 331 Å². The van der Waals surface area contributed by atoms with Gasteiger partial charge in [0, 0.05) is 19.3 Å². The molecule has 0 N–H and O–H groups in total. The summed E-state index contributed by atoms with van der Waals surface area (Å²) in [6, 6.07) is 0. The lowest BCUT2D eigenvalue weighted by Crippen LogP contribution is -2.30. The third kappa shape index (κ3) is 67.4. The first-order valence-corrected chi connectivity index (χ1v) is 35.6. The fourth-order valence-electron chi connectivity index (χ4n) is 10.3. The monoisotopic (exact) mass is 1140 g/mol. The molecule has 0 amide bonds. The molecule has 0 aliphatic rings. The van der Waals surface area contributed by atoms with Crippen molar-refractivity contribution in [1.82, 2.24) is 0 Å². The molecule has 0 heterocycles. The zero-order valence-corrected chi connectivity index (χ0v) is 54.5. The standard InChI is InChI=1S/C76H134O6/c1-4-7-10-13-16-19-22-25-28-30-32-33-34-35-36-37-38-39-40-41-42-43-44-46-48-51-54-57-60-63-66-69-75(78)81-72-73(71-80-74(77)68-65-62-59-56-53-50-47-27-24-21-18-15-12-9-6-3)82-76(79)70-67-64-61-58-55-52-49-45-31-29-26-23-20-17-14-11-8-5-2/h7,10,16,19,25,28-29,31-33,35-36,38-39,73H,4-6,8-9,11-15,17-18,20-24,26-27,30,34,37,40-72H2,1-3H3/b10-7-,19-16-,28-25-,31-29-,33-32-,36-35-,39-38-. The molecule has 1 unspecified atom stereocenters. The topological polar surface area (TPSA) is 78.9 Å². The molecule has 6 heteroatoms. The maximum atomic E-state index is 12.9. The summed E-state index contributed by atoms with van der Waals surface area (Å²) in [5.41, 5.74) is 0. The van der Waals surface area contributed by atoms with Crippen LogP contribution < -0.4 is 0 Å². The molecule has 0 radical (unpaired) electrons. The Bertz CT molecular complexity index is 1550. The van der Waals surface area contributed by atoms with Crippen molar-refractivity contribution in [3.05, 3.63) is 85.1 Å². The Morgan fingerprint density at radius 3 is 0.756 bits per heavy atom. The summed E-state index contributed by atoms with van der Waals surface area (Å²) < 4.78 is 17.0. The van der Waals surface area contributed by atoms with Crippen LogP contribution in [0.4, 0.5) is 0 Å². The predicted molar refractivity (Wildman–Crippen MR) is 358 cm³/mol. The van der Waals surface area contributed by atoms with Gasteiger partial charge in [0.1, 0.15) is 13.2 Å². The third-order valence-electron chi connectivity index (χ3n) is 15.6. The molecule has 6 nitrogen and oxygen atoms in total. The zero-order valence-electron chi connectivity index (χ0n) is 54.5. The van der Waals surface area contributed by atoms with Crippen LogP contribution in [0.1, 0.15) is 361 Å². The molecule has 0 bridgehead atoms. The predicted octanol–water partition coefficient (Wildman–Crippen LogP) is 24.6. The van der Waals surface area contributed by atoms with Crippen molar-refractivity contribution in [3.63, 3.8) is 0 Å². The average molecular weight is 1140 g/mol. The lowest BCUT2D eigenvalue weighted by Gasteiger charge is -2.18. The number of ether oxygens (including phenoxy) is 3. The second kappa shape index (κ2) is 70.1. The highest BCUT2D eigenvalue weighted by Gasteiger charge is 2.19. The van der Waals surface area contributed by atoms with Gasteiger partial charge in [-0.25, -0.2) is 0 Å². The largest absolute Gasteiger partial charge is 0.462 e. The Morgan fingerprint density at radius 1 is 0.256 bits per heavy atom. The van der Waals surface area contributed by atoms with Crippen molar-refractivity contribution >= 4 is 17.9 Å². The second-order valence-electron chi connectivity index (χ2n) is 23.8. The van der Waals surface area contributed by atoms with Crippen LogP contribution in [0, 0.1) is 0 Å². The molecule has 474 valence electrons. The van der Waals surface area contributed by atoms with E-state index in [-0.39, 0.29) is 31.1 Å². The number of hydrogen-bond acceptors (Lipinski definition) is 6. The third-order valence-corrected chi connectivity index (χ3v) is 15.6. The van der Waals surface area contributed by atoms with E-state index in [1.54, 1.807) is 0 Å². The number of carbonyl (C=O) groups excluding carboxylic acids is 3. The summed E-state index contributed by atoms with van der Waals surface area (Å²) in [6.45, 7) is 6.57. The smallest absolute Gasteiger partial charge is 0.306 e. The minimum absolute atomic E-state index is 0.0734. The quantitative estimate of drug-likeness (QED) is 0.0261. The Morgan fingerprint density at radius 2 is 0.476 bits per heavy atom. The van der Waals surface area contributed by atoms with E-state index in [4.69, 9.17) is 14.2 Å². The highest BCUT2D eigenvalue weighted by molar-refractivity contribution is 5.71. The molecule has 0 rings (SSSR count). The lowest BCUT2D eigenvalue weighted by atomic mass is 10.0. The van der Waals surface area contributed by atoms with Gasteiger partial charge in [-0.2, -0.15) is 0 Å². The fourth-order valence-corrected chi connectivity index (χ4v) is 10.3. The number of rotatable bonds is 65. The maximum absolute atomic E-state index is 12.9. The van der Waals surface area contributed by atoms with Crippen molar-refractivity contribution < 1.29 is 28.6 Å². The van der Waals surface area contributed by atoms with E-state index in [9.17, 15) is 14.4 Å². The summed E-state index contributed by atoms with van der Waals surface area (Å²) in [6.07, 6.45) is 93.2. The van der Waals surface area contributed by atoms with Crippen molar-refractivity contribution in [3.8, 4) is 0 Å². The number of esters is 3. The molecule has 0 spiro atoms. The average Bonchev–Trinajstić information content (AvgIpc) is 3.47. The van der Waals surface area contributed by atoms with Gasteiger partial charge in [0.05, 0.1) is 0 Å². The first-order valence-electron chi connectivity index (χ1n) is 35.6. The molecule has 0 aromatic heterocycles. The molecule has 0 aliphatic heterocycles. The first kappa shape index (κ1) is 78.6. The second-order valence-corrected chi connectivity index (χ2v) is 23.8. The van der Waals surface area contributed by atoms with Gasteiger partial charge < -0.3 is 14.2 Å². The van der Waals surface area contributed by atoms with Crippen LogP contribution in [0.2, 0.25) is 0 Å². The Labute approximate surface area is 509 Å². The van der Waals surface area contributed by atoms with Crippen molar-refractivity contribution in [2.75, 3.05) is 13.2 Å². The summed E-state index contributed by atoms with van der Waals surface area (Å²) >= 11 is 0. The van der Waals surface area contributed by atoms with Gasteiger partial charge >= 0.3 is 17.9 Å². The maximum Gasteiger partial charge on any atom is 0.306 e.